The molecule has 0 aliphatic carbocycles. The SMILES string of the molecule is O=C(NCc1ccccn1)C(=O)NC[C@H](c1ccco1)S(=O)(=O)c1ccc(F)cc1. The Balaban J connectivity index is 1.69. The normalized spacial score (nSPS) is 12.2. The number of benzene rings is 1. The summed E-state index contributed by atoms with van der Waals surface area (Å²) in [6.45, 7) is -0.369. The highest BCUT2D eigenvalue weighted by Gasteiger charge is 2.32. The molecule has 30 heavy (non-hydrogen) atoms. The standard InChI is InChI=1S/C20H18FN3O5S/c21-14-6-8-16(9-7-14)30(27,28)18(17-5-3-11-29-17)13-24-20(26)19(25)23-12-15-4-1-2-10-22-15/h1-11,18H,12-13H2,(H,23,25)(H,24,26)/t18-/m1/s1. The van der Waals surface area contributed by atoms with E-state index >= 15 is 0 Å². The number of hydrogen-bond donors (Lipinski definition) is 2. The molecule has 1 atom stereocenters. The van der Waals surface area contributed by atoms with Gasteiger partial charge in [-0.25, -0.2) is 12.8 Å². The summed E-state index contributed by atoms with van der Waals surface area (Å²) < 4.78 is 44.4. The highest BCUT2D eigenvalue weighted by Crippen LogP contribution is 2.29. The molecule has 0 unspecified atom stereocenters. The van der Waals surface area contributed by atoms with Crippen molar-refractivity contribution in [3.8, 4) is 0 Å². The number of halogens is 1. The van der Waals surface area contributed by atoms with Gasteiger partial charge in [-0.15, -0.1) is 0 Å². The number of carbonyl (C=O) groups excluding carboxylic acids is 2. The van der Waals surface area contributed by atoms with Crippen molar-refractivity contribution in [1.29, 1.82) is 0 Å². The Kier molecular flexibility index (Phi) is 6.58. The lowest BCUT2D eigenvalue weighted by Gasteiger charge is -2.16. The topological polar surface area (TPSA) is 118 Å². The highest BCUT2D eigenvalue weighted by molar-refractivity contribution is 7.91. The van der Waals surface area contributed by atoms with Gasteiger partial charge in [0.15, 0.2) is 9.84 Å². The Labute approximate surface area is 172 Å². The number of pyridine rings is 1. The van der Waals surface area contributed by atoms with E-state index in [0.29, 0.717) is 5.69 Å². The predicted molar refractivity (Wildman–Crippen MR) is 104 cm³/mol. The molecule has 10 heteroatoms. The van der Waals surface area contributed by atoms with Gasteiger partial charge in [0.05, 0.1) is 23.4 Å². The van der Waals surface area contributed by atoms with Crippen LogP contribution in [0.25, 0.3) is 0 Å². The lowest BCUT2D eigenvalue weighted by atomic mass is 10.3. The van der Waals surface area contributed by atoms with E-state index in [1.165, 1.54) is 18.4 Å². The number of furan rings is 1. The summed E-state index contributed by atoms with van der Waals surface area (Å²) >= 11 is 0. The second kappa shape index (κ2) is 9.31. The molecule has 3 rings (SSSR count). The van der Waals surface area contributed by atoms with Crippen LogP contribution in [0.4, 0.5) is 4.39 Å². The van der Waals surface area contributed by atoms with Gasteiger partial charge in [-0.3, -0.25) is 14.6 Å². The van der Waals surface area contributed by atoms with Gasteiger partial charge in [-0.2, -0.15) is 0 Å². The zero-order valence-electron chi connectivity index (χ0n) is 15.6. The van der Waals surface area contributed by atoms with E-state index in [1.54, 1.807) is 24.4 Å². The Hall–Kier alpha value is -3.53. The summed E-state index contributed by atoms with van der Waals surface area (Å²) in [5.74, 6) is -2.44. The van der Waals surface area contributed by atoms with Gasteiger partial charge in [0.1, 0.15) is 16.8 Å². The van der Waals surface area contributed by atoms with E-state index in [9.17, 15) is 22.4 Å². The van der Waals surface area contributed by atoms with Crippen LogP contribution in [0.2, 0.25) is 0 Å². The molecule has 2 heterocycles. The number of nitrogens with one attached hydrogen (secondary N) is 2. The minimum atomic E-state index is -4.03. The maximum atomic E-state index is 13.2. The third kappa shape index (κ3) is 5.09. The van der Waals surface area contributed by atoms with Crippen molar-refractivity contribution < 1.29 is 26.8 Å². The molecule has 0 saturated heterocycles. The maximum Gasteiger partial charge on any atom is 0.309 e. The second-order valence-corrected chi connectivity index (χ2v) is 8.35. The predicted octanol–water partition coefficient (Wildman–Crippen LogP) is 1.76. The van der Waals surface area contributed by atoms with E-state index in [2.05, 4.69) is 15.6 Å². The Bertz CT molecular complexity index is 1100. The van der Waals surface area contributed by atoms with Crippen molar-refractivity contribution in [2.45, 2.75) is 16.7 Å². The van der Waals surface area contributed by atoms with E-state index in [4.69, 9.17) is 4.42 Å². The van der Waals surface area contributed by atoms with Crippen molar-refractivity contribution >= 4 is 21.7 Å². The smallest absolute Gasteiger partial charge is 0.309 e. The molecule has 8 nitrogen and oxygen atoms in total. The average molecular weight is 431 g/mol. The molecule has 0 saturated carbocycles. The Morgan fingerprint density at radius 1 is 1.00 bits per heavy atom. The average Bonchev–Trinajstić information content (AvgIpc) is 3.27. The first-order chi connectivity index (χ1) is 14.4. The molecular formula is C20H18FN3O5S. The molecule has 0 aliphatic rings. The van der Waals surface area contributed by atoms with Crippen molar-refractivity contribution in [2.75, 3.05) is 6.54 Å². The first-order valence-electron chi connectivity index (χ1n) is 8.86. The molecule has 0 bridgehead atoms. The third-order valence-electron chi connectivity index (χ3n) is 4.19. The minimum Gasteiger partial charge on any atom is -0.468 e. The van der Waals surface area contributed by atoms with Crippen molar-refractivity contribution in [3.05, 3.63) is 84.3 Å². The summed E-state index contributed by atoms with van der Waals surface area (Å²) in [5.41, 5.74) is 0.561. The van der Waals surface area contributed by atoms with Gasteiger partial charge in [0.2, 0.25) is 0 Å². The highest BCUT2D eigenvalue weighted by atomic mass is 32.2. The maximum absolute atomic E-state index is 13.2. The molecular weight excluding hydrogens is 413 g/mol. The van der Waals surface area contributed by atoms with Crippen LogP contribution >= 0.6 is 0 Å². The van der Waals surface area contributed by atoms with Gasteiger partial charge >= 0.3 is 11.8 Å². The van der Waals surface area contributed by atoms with Gasteiger partial charge < -0.3 is 15.1 Å². The van der Waals surface area contributed by atoms with Crippen LogP contribution < -0.4 is 10.6 Å². The first-order valence-corrected chi connectivity index (χ1v) is 10.4. The van der Waals surface area contributed by atoms with Gasteiger partial charge in [-0.05, 0) is 48.5 Å². The summed E-state index contributed by atoms with van der Waals surface area (Å²) in [4.78, 5) is 28.0. The zero-order valence-corrected chi connectivity index (χ0v) is 16.4. The number of hydrogen-bond acceptors (Lipinski definition) is 6. The first kappa shape index (κ1) is 21.2. The molecule has 1 aromatic carbocycles. The van der Waals surface area contributed by atoms with E-state index in [-0.39, 0.29) is 17.2 Å². The molecule has 2 amide bonds. The minimum absolute atomic E-state index is 0.0442. The Morgan fingerprint density at radius 2 is 1.73 bits per heavy atom. The van der Waals surface area contributed by atoms with Crippen LogP contribution in [-0.2, 0) is 26.0 Å². The zero-order chi connectivity index (χ0) is 21.6. The van der Waals surface area contributed by atoms with E-state index in [1.807, 2.05) is 0 Å². The number of aromatic nitrogens is 1. The summed E-state index contributed by atoms with van der Waals surface area (Å²) in [5, 5.41) is 3.42. The number of sulfone groups is 1. The van der Waals surface area contributed by atoms with Crippen molar-refractivity contribution in [2.24, 2.45) is 0 Å². The van der Waals surface area contributed by atoms with Gasteiger partial charge in [-0.1, -0.05) is 6.07 Å². The fraction of sp³-hybridized carbons (Fsp3) is 0.150. The number of nitrogens with zero attached hydrogens (tertiary/aromatic N) is 1. The molecule has 0 aliphatic heterocycles. The molecule has 156 valence electrons. The van der Waals surface area contributed by atoms with E-state index < -0.39 is 39.3 Å². The molecule has 3 aromatic rings. The second-order valence-electron chi connectivity index (χ2n) is 6.22. The van der Waals surface area contributed by atoms with Crippen LogP contribution in [0.5, 0.6) is 0 Å². The van der Waals surface area contributed by atoms with Crippen molar-refractivity contribution in [1.82, 2.24) is 15.6 Å². The van der Waals surface area contributed by atoms with Crippen LogP contribution in [-0.4, -0.2) is 31.8 Å². The van der Waals surface area contributed by atoms with E-state index in [0.717, 1.165) is 24.3 Å². The molecule has 2 aromatic heterocycles. The summed E-state index contributed by atoms with van der Waals surface area (Å²) in [6.07, 6.45) is 2.85. The lowest BCUT2D eigenvalue weighted by Crippen LogP contribution is -2.42. The van der Waals surface area contributed by atoms with Gasteiger partial charge in [0, 0.05) is 12.7 Å². The van der Waals surface area contributed by atoms with Crippen molar-refractivity contribution in [3.63, 3.8) is 0 Å². The van der Waals surface area contributed by atoms with Crippen LogP contribution in [0.3, 0.4) is 0 Å². The van der Waals surface area contributed by atoms with Gasteiger partial charge in [0.25, 0.3) is 0 Å². The summed E-state index contributed by atoms with van der Waals surface area (Å²) in [7, 11) is -4.03. The molecule has 0 spiro atoms. The molecule has 0 fully saturated rings. The molecule has 2 N–H and O–H groups in total. The van der Waals surface area contributed by atoms with Crippen LogP contribution in [0.1, 0.15) is 16.7 Å². The quantitative estimate of drug-likeness (QED) is 0.435. The fourth-order valence-electron chi connectivity index (χ4n) is 2.65. The Morgan fingerprint density at radius 3 is 2.37 bits per heavy atom. The number of rotatable bonds is 7. The summed E-state index contributed by atoms with van der Waals surface area (Å²) in [6, 6.07) is 12.4. The fourth-order valence-corrected chi connectivity index (χ4v) is 4.23. The molecule has 0 radical (unpaired) electrons. The number of carbonyl (C=O) groups is 2. The third-order valence-corrected chi connectivity index (χ3v) is 6.27. The van der Waals surface area contributed by atoms with Crippen LogP contribution in [0.15, 0.2) is 76.4 Å². The lowest BCUT2D eigenvalue weighted by molar-refractivity contribution is -0.139. The number of amides is 2. The van der Waals surface area contributed by atoms with Crippen LogP contribution in [0, 0.1) is 5.82 Å². The largest absolute Gasteiger partial charge is 0.468 e. The monoisotopic (exact) mass is 431 g/mol.